The van der Waals surface area contributed by atoms with E-state index in [1.165, 1.54) is 38.9 Å². The topological polar surface area (TPSA) is 15.3 Å². The zero-order valence-electron chi connectivity index (χ0n) is 8.50. The van der Waals surface area contributed by atoms with Crippen molar-refractivity contribution >= 4 is 0 Å². The summed E-state index contributed by atoms with van der Waals surface area (Å²) in [5.74, 6) is 0.785. The highest BCUT2D eigenvalue weighted by Crippen LogP contribution is 2.18. The van der Waals surface area contributed by atoms with E-state index in [-0.39, 0.29) is 0 Å². The molecule has 0 aliphatic carbocycles. The lowest BCUT2D eigenvalue weighted by Crippen LogP contribution is -2.44. The monoisotopic (exact) mass is 180 g/mol. The fourth-order valence-electron chi connectivity index (χ4n) is 2.20. The van der Waals surface area contributed by atoms with Crippen molar-refractivity contribution in [3.05, 3.63) is 12.3 Å². The van der Waals surface area contributed by atoms with E-state index in [1.807, 2.05) is 0 Å². The molecule has 0 aromatic carbocycles. The van der Waals surface area contributed by atoms with Crippen molar-refractivity contribution in [1.82, 2.24) is 10.2 Å². The molecule has 2 unspecified atom stereocenters. The molecule has 2 atom stereocenters. The highest BCUT2D eigenvalue weighted by Gasteiger charge is 2.20. The summed E-state index contributed by atoms with van der Waals surface area (Å²) < 4.78 is 0. The Hall–Kier alpha value is -0.500. The van der Waals surface area contributed by atoms with Crippen LogP contribution < -0.4 is 5.32 Å². The molecule has 1 fully saturated rings. The fourth-order valence-corrected chi connectivity index (χ4v) is 2.20. The number of rotatable bonds is 1. The van der Waals surface area contributed by atoms with Gasteiger partial charge in [-0.2, -0.15) is 0 Å². The van der Waals surface area contributed by atoms with Gasteiger partial charge in [0.05, 0.1) is 0 Å². The molecule has 2 rings (SSSR count). The molecule has 2 aliphatic rings. The van der Waals surface area contributed by atoms with Crippen LogP contribution in [0, 0.1) is 5.92 Å². The Morgan fingerprint density at radius 1 is 1.38 bits per heavy atom. The fraction of sp³-hybridized carbons (Fsp3) is 0.818. The van der Waals surface area contributed by atoms with Crippen molar-refractivity contribution in [2.45, 2.75) is 32.2 Å². The van der Waals surface area contributed by atoms with E-state index in [0.717, 1.165) is 12.0 Å². The first-order valence-corrected chi connectivity index (χ1v) is 5.51. The summed E-state index contributed by atoms with van der Waals surface area (Å²) >= 11 is 0. The molecule has 0 aromatic rings. The lowest BCUT2D eigenvalue weighted by molar-refractivity contribution is 0.211. The highest BCUT2D eigenvalue weighted by atomic mass is 15.2. The predicted octanol–water partition coefficient (Wildman–Crippen LogP) is 1.59. The maximum atomic E-state index is 3.47. The number of nitrogens with zero attached hydrogens (tertiary/aromatic N) is 1. The van der Waals surface area contributed by atoms with Gasteiger partial charge in [-0.25, -0.2) is 0 Å². The zero-order valence-corrected chi connectivity index (χ0v) is 8.50. The van der Waals surface area contributed by atoms with Crippen LogP contribution in [0.4, 0.5) is 0 Å². The number of nitrogens with one attached hydrogen (secondary N) is 1. The molecule has 2 nitrogen and oxygen atoms in total. The minimum absolute atomic E-state index is 0.762. The van der Waals surface area contributed by atoms with E-state index >= 15 is 0 Å². The van der Waals surface area contributed by atoms with Crippen LogP contribution in [-0.4, -0.2) is 30.6 Å². The van der Waals surface area contributed by atoms with E-state index in [2.05, 4.69) is 29.4 Å². The largest absolute Gasteiger partial charge is 0.373 e. The average Bonchev–Trinajstić information content (AvgIpc) is 2.20. The van der Waals surface area contributed by atoms with Gasteiger partial charge in [0, 0.05) is 19.1 Å². The first-order valence-electron chi connectivity index (χ1n) is 5.51. The molecule has 2 aliphatic heterocycles. The maximum Gasteiger partial charge on any atom is 0.0409 e. The quantitative estimate of drug-likeness (QED) is 0.659. The second kappa shape index (κ2) is 4.14. The standard InChI is InChI=1S/C11H20N2/c1-10-4-7-13(8-5-10)11-3-2-6-12-9-11/h4,7,10-12H,2-3,5-6,8-9H2,1H3. The number of piperidine rings is 1. The minimum atomic E-state index is 0.762. The van der Waals surface area contributed by atoms with Gasteiger partial charge < -0.3 is 10.2 Å². The van der Waals surface area contributed by atoms with Crippen LogP contribution in [0.15, 0.2) is 12.3 Å². The molecule has 1 N–H and O–H groups in total. The smallest absolute Gasteiger partial charge is 0.0409 e. The Labute approximate surface area is 81.0 Å². The molecule has 13 heavy (non-hydrogen) atoms. The molecule has 0 radical (unpaired) electrons. The Morgan fingerprint density at radius 2 is 2.31 bits per heavy atom. The normalized spacial score (nSPS) is 35.0. The van der Waals surface area contributed by atoms with Crippen molar-refractivity contribution in [3.8, 4) is 0 Å². The zero-order chi connectivity index (χ0) is 9.10. The second-order valence-corrected chi connectivity index (χ2v) is 4.35. The van der Waals surface area contributed by atoms with E-state index in [9.17, 15) is 0 Å². The molecule has 0 spiro atoms. The molecular formula is C11H20N2. The van der Waals surface area contributed by atoms with Gasteiger partial charge in [0.1, 0.15) is 0 Å². The summed E-state index contributed by atoms with van der Waals surface area (Å²) in [6.45, 7) is 5.94. The van der Waals surface area contributed by atoms with Crippen LogP contribution in [0.25, 0.3) is 0 Å². The summed E-state index contributed by atoms with van der Waals surface area (Å²) in [6.07, 6.45) is 8.69. The van der Waals surface area contributed by atoms with E-state index < -0.39 is 0 Å². The van der Waals surface area contributed by atoms with Crippen LogP contribution in [0.2, 0.25) is 0 Å². The molecular weight excluding hydrogens is 160 g/mol. The van der Waals surface area contributed by atoms with Crippen molar-refractivity contribution in [1.29, 1.82) is 0 Å². The van der Waals surface area contributed by atoms with E-state index in [1.54, 1.807) is 0 Å². The Bertz CT molecular complexity index is 183. The minimum Gasteiger partial charge on any atom is -0.373 e. The molecule has 0 bridgehead atoms. The molecule has 0 saturated carbocycles. The van der Waals surface area contributed by atoms with Crippen LogP contribution >= 0.6 is 0 Å². The molecule has 2 heterocycles. The Morgan fingerprint density at radius 3 is 2.92 bits per heavy atom. The summed E-state index contributed by atoms with van der Waals surface area (Å²) in [4.78, 5) is 2.52. The Balaban J connectivity index is 1.89. The number of allylic oxidation sites excluding steroid dienone is 1. The van der Waals surface area contributed by atoms with Crippen molar-refractivity contribution in [2.75, 3.05) is 19.6 Å². The summed E-state index contributed by atoms with van der Waals surface area (Å²) in [5.41, 5.74) is 0. The van der Waals surface area contributed by atoms with E-state index in [4.69, 9.17) is 0 Å². The van der Waals surface area contributed by atoms with Crippen LogP contribution in [0.1, 0.15) is 26.2 Å². The van der Waals surface area contributed by atoms with Crippen molar-refractivity contribution in [3.63, 3.8) is 0 Å². The summed E-state index contributed by atoms with van der Waals surface area (Å²) in [5, 5.41) is 3.47. The first kappa shape index (κ1) is 9.07. The van der Waals surface area contributed by atoms with Gasteiger partial charge >= 0.3 is 0 Å². The lowest BCUT2D eigenvalue weighted by atomic mass is 10.0. The van der Waals surface area contributed by atoms with Crippen LogP contribution in [0.3, 0.4) is 0 Å². The first-order chi connectivity index (χ1) is 6.36. The van der Waals surface area contributed by atoms with Gasteiger partial charge in [-0.15, -0.1) is 0 Å². The third-order valence-electron chi connectivity index (χ3n) is 3.19. The van der Waals surface area contributed by atoms with Gasteiger partial charge in [-0.1, -0.05) is 13.0 Å². The van der Waals surface area contributed by atoms with Gasteiger partial charge in [0.25, 0.3) is 0 Å². The summed E-state index contributed by atoms with van der Waals surface area (Å²) in [6, 6.07) is 0.762. The van der Waals surface area contributed by atoms with Crippen LogP contribution in [0.5, 0.6) is 0 Å². The lowest BCUT2D eigenvalue weighted by Gasteiger charge is -2.36. The summed E-state index contributed by atoms with van der Waals surface area (Å²) in [7, 11) is 0. The third kappa shape index (κ3) is 2.25. The van der Waals surface area contributed by atoms with Gasteiger partial charge in [-0.05, 0) is 37.9 Å². The molecule has 0 aromatic heterocycles. The molecule has 0 amide bonds. The van der Waals surface area contributed by atoms with Gasteiger partial charge in [0.2, 0.25) is 0 Å². The maximum absolute atomic E-state index is 3.47. The van der Waals surface area contributed by atoms with Gasteiger partial charge in [-0.3, -0.25) is 0 Å². The number of hydrogen-bond donors (Lipinski definition) is 1. The molecule has 1 saturated heterocycles. The van der Waals surface area contributed by atoms with Crippen molar-refractivity contribution < 1.29 is 0 Å². The second-order valence-electron chi connectivity index (χ2n) is 4.35. The number of hydrogen-bond acceptors (Lipinski definition) is 2. The third-order valence-corrected chi connectivity index (χ3v) is 3.19. The van der Waals surface area contributed by atoms with Crippen molar-refractivity contribution in [2.24, 2.45) is 5.92 Å². The average molecular weight is 180 g/mol. The predicted molar refractivity (Wildman–Crippen MR) is 55.5 cm³/mol. The molecule has 74 valence electrons. The van der Waals surface area contributed by atoms with Gasteiger partial charge in [0.15, 0.2) is 0 Å². The van der Waals surface area contributed by atoms with Crippen LogP contribution in [-0.2, 0) is 0 Å². The van der Waals surface area contributed by atoms with E-state index in [0.29, 0.717) is 0 Å². The Kier molecular flexibility index (Phi) is 2.89. The highest BCUT2D eigenvalue weighted by molar-refractivity contribution is 4.96. The SMILES string of the molecule is CC1C=CN(C2CCCNC2)CC1. The molecule has 2 heteroatoms.